The predicted molar refractivity (Wildman–Crippen MR) is 51.3 cm³/mol. The van der Waals surface area contributed by atoms with E-state index in [1.807, 2.05) is 0 Å². The van der Waals surface area contributed by atoms with Crippen molar-refractivity contribution in [3.63, 3.8) is 0 Å². The molecule has 1 nitrogen and oxygen atoms in total. The van der Waals surface area contributed by atoms with Crippen molar-refractivity contribution in [1.29, 1.82) is 0 Å². The third-order valence-corrected chi connectivity index (χ3v) is 2.18. The normalized spacial score (nSPS) is 21.9. The van der Waals surface area contributed by atoms with Crippen molar-refractivity contribution in [3.8, 4) is 11.8 Å². The zero-order chi connectivity index (χ0) is 8.65. The molecule has 0 aromatic carbocycles. The first-order chi connectivity index (χ1) is 5.93. The lowest BCUT2D eigenvalue weighted by Crippen LogP contribution is -2.02. The molecule has 0 bridgehead atoms. The average molecular weight is 187 g/mol. The van der Waals surface area contributed by atoms with Gasteiger partial charge in [0.15, 0.2) is 0 Å². The Kier molecular flexibility index (Phi) is 5.23. The van der Waals surface area contributed by atoms with Crippen molar-refractivity contribution in [1.82, 2.24) is 0 Å². The molecule has 0 aromatic heterocycles. The fraction of sp³-hybridized carbons (Fsp3) is 0.800. The predicted octanol–water partition coefficient (Wildman–Crippen LogP) is 2.58. The van der Waals surface area contributed by atoms with Crippen LogP contribution in [0.1, 0.15) is 32.1 Å². The summed E-state index contributed by atoms with van der Waals surface area (Å²) in [5.74, 6) is 6.94. The lowest BCUT2D eigenvalue weighted by molar-refractivity contribution is 0.115. The number of hydrogen-bond acceptors (Lipinski definition) is 1. The molecule has 0 radical (unpaired) electrons. The Hall–Kier alpha value is -0.190. The first-order valence-corrected chi connectivity index (χ1v) is 5.10. The van der Waals surface area contributed by atoms with Gasteiger partial charge in [0.1, 0.15) is 0 Å². The van der Waals surface area contributed by atoms with Gasteiger partial charge in [-0.3, -0.25) is 0 Å². The smallest absolute Gasteiger partial charge is 0.0685 e. The molecule has 1 atom stereocenters. The number of hydrogen-bond donors (Lipinski definition) is 0. The fourth-order valence-electron chi connectivity index (χ4n) is 1.23. The summed E-state index contributed by atoms with van der Waals surface area (Å²) in [4.78, 5) is 0. The summed E-state index contributed by atoms with van der Waals surface area (Å²) in [5, 5.41) is 0. The van der Waals surface area contributed by atoms with Gasteiger partial charge < -0.3 is 4.74 Å². The van der Waals surface area contributed by atoms with Crippen molar-refractivity contribution >= 4 is 11.6 Å². The van der Waals surface area contributed by atoms with Crippen LogP contribution < -0.4 is 0 Å². The molecular weight excluding hydrogens is 172 g/mol. The van der Waals surface area contributed by atoms with Crippen LogP contribution in [0.15, 0.2) is 0 Å². The van der Waals surface area contributed by atoms with Gasteiger partial charge in [-0.1, -0.05) is 0 Å². The summed E-state index contributed by atoms with van der Waals surface area (Å²) in [7, 11) is 0. The molecule has 0 N–H and O–H groups in total. The van der Waals surface area contributed by atoms with E-state index in [0.29, 0.717) is 12.0 Å². The quantitative estimate of drug-likeness (QED) is 0.374. The van der Waals surface area contributed by atoms with E-state index in [9.17, 15) is 0 Å². The van der Waals surface area contributed by atoms with Gasteiger partial charge in [-0.25, -0.2) is 0 Å². The Morgan fingerprint density at radius 3 is 3.00 bits per heavy atom. The lowest BCUT2D eigenvalue weighted by Gasteiger charge is -2.01. The van der Waals surface area contributed by atoms with E-state index in [4.69, 9.17) is 16.3 Å². The number of ether oxygens (including phenoxy) is 1. The Labute approximate surface area is 79.4 Å². The first kappa shape index (κ1) is 9.89. The SMILES string of the molecule is ClCCCC#CCC1CCCO1. The van der Waals surface area contributed by atoms with Crippen molar-refractivity contribution in [2.75, 3.05) is 12.5 Å². The Morgan fingerprint density at radius 2 is 2.33 bits per heavy atom. The fourth-order valence-corrected chi connectivity index (χ4v) is 1.37. The minimum Gasteiger partial charge on any atom is -0.377 e. The highest BCUT2D eigenvalue weighted by atomic mass is 35.5. The standard InChI is InChI=1S/C10H15ClO/c11-8-4-2-1-3-6-10-7-5-9-12-10/h10H,2,4-9H2. The largest absolute Gasteiger partial charge is 0.377 e. The lowest BCUT2D eigenvalue weighted by atomic mass is 10.2. The van der Waals surface area contributed by atoms with Crippen LogP contribution in [0.5, 0.6) is 0 Å². The van der Waals surface area contributed by atoms with Crippen LogP contribution in [0, 0.1) is 11.8 Å². The number of rotatable bonds is 3. The van der Waals surface area contributed by atoms with Crippen molar-refractivity contribution in [3.05, 3.63) is 0 Å². The number of alkyl halides is 1. The molecule has 12 heavy (non-hydrogen) atoms. The highest BCUT2D eigenvalue weighted by Gasteiger charge is 2.12. The van der Waals surface area contributed by atoms with Gasteiger partial charge >= 0.3 is 0 Å². The molecule has 0 aliphatic carbocycles. The van der Waals surface area contributed by atoms with Crippen LogP contribution in [0.4, 0.5) is 0 Å². The second-order valence-electron chi connectivity index (χ2n) is 2.99. The van der Waals surface area contributed by atoms with Gasteiger partial charge in [0.2, 0.25) is 0 Å². The third kappa shape index (κ3) is 3.99. The van der Waals surface area contributed by atoms with Gasteiger partial charge in [-0.2, -0.15) is 0 Å². The van der Waals surface area contributed by atoms with E-state index in [1.165, 1.54) is 12.8 Å². The highest BCUT2D eigenvalue weighted by Crippen LogP contribution is 2.14. The molecule has 1 saturated heterocycles. The summed E-state index contributed by atoms with van der Waals surface area (Å²) in [5.41, 5.74) is 0. The molecule has 0 aromatic rings. The maximum absolute atomic E-state index is 5.52. The van der Waals surface area contributed by atoms with Crippen LogP contribution in [0.25, 0.3) is 0 Å². The topological polar surface area (TPSA) is 9.23 Å². The molecule has 1 aliphatic rings. The number of halogens is 1. The van der Waals surface area contributed by atoms with Crippen LogP contribution in [-0.2, 0) is 4.74 Å². The Balaban J connectivity index is 2.01. The van der Waals surface area contributed by atoms with Gasteiger partial charge in [-0.15, -0.1) is 23.4 Å². The molecule has 1 rings (SSSR count). The Bertz CT molecular complexity index is 162. The van der Waals surface area contributed by atoms with E-state index >= 15 is 0 Å². The summed E-state index contributed by atoms with van der Waals surface area (Å²) in [6, 6.07) is 0. The van der Waals surface area contributed by atoms with Gasteiger partial charge in [0, 0.05) is 25.3 Å². The maximum Gasteiger partial charge on any atom is 0.0685 e. The summed E-state index contributed by atoms with van der Waals surface area (Å²) in [6.45, 7) is 0.925. The molecule has 1 fully saturated rings. The third-order valence-electron chi connectivity index (χ3n) is 1.91. The minimum absolute atomic E-state index is 0.411. The molecule has 1 unspecified atom stereocenters. The van der Waals surface area contributed by atoms with Crippen LogP contribution in [0.2, 0.25) is 0 Å². The monoisotopic (exact) mass is 186 g/mol. The molecule has 2 heteroatoms. The molecule has 0 amide bonds. The maximum atomic E-state index is 5.52. The van der Waals surface area contributed by atoms with E-state index in [0.717, 1.165) is 25.9 Å². The van der Waals surface area contributed by atoms with E-state index in [-0.39, 0.29) is 0 Å². The van der Waals surface area contributed by atoms with Crippen LogP contribution in [-0.4, -0.2) is 18.6 Å². The summed E-state index contributed by atoms with van der Waals surface area (Å²) in [6.07, 6.45) is 5.63. The average Bonchev–Trinajstić information content (AvgIpc) is 2.57. The van der Waals surface area contributed by atoms with E-state index < -0.39 is 0 Å². The molecule has 68 valence electrons. The first-order valence-electron chi connectivity index (χ1n) is 4.57. The molecule has 1 aliphatic heterocycles. The van der Waals surface area contributed by atoms with Crippen molar-refractivity contribution in [2.24, 2.45) is 0 Å². The van der Waals surface area contributed by atoms with E-state index in [1.54, 1.807) is 0 Å². The van der Waals surface area contributed by atoms with Crippen molar-refractivity contribution in [2.45, 2.75) is 38.2 Å². The Morgan fingerprint density at radius 1 is 1.42 bits per heavy atom. The van der Waals surface area contributed by atoms with Gasteiger partial charge in [0.25, 0.3) is 0 Å². The number of unbranched alkanes of at least 4 members (excludes halogenated alkanes) is 1. The molecule has 1 heterocycles. The van der Waals surface area contributed by atoms with Crippen LogP contribution in [0.3, 0.4) is 0 Å². The zero-order valence-electron chi connectivity index (χ0n) is 7.31. The molecule has 0 saturated carbocycles. The van der Waals surface area contributed by atoms with Crippen molar-refractivity contribution < 1.29 is 4.74 Å². The second-order valence-corrected chi connectivity index (χ2v) is 3.36. The zero-order valence-corrected chi connectivity index (χ0v) is 8.07. The summed E-state index contributed by atoms with van der Waals surface area (Å²) >= 11 is 5.52. The minimum atomic E-state index is 0.411. The molecular formula is C10H15ClO. The molecule has 0 spiro atoms. The van der Waals surface area contributed by atoms with Gasteiger partial charge in [-0.05, 0) is 19.3 Å². The second kappa shape index (κ2) is 6.34. The summed E-state index contributed by atoms with van der Waals surface area (Å²) < 4.78 is 5.43. The van der Waals surface area contributed by atoms with Crippen LogP contribution >= 0.6 is 11.6 Å². The van der Waals surface area contributed by atoms with Gasteiger partial charge in [0.05, 0.1) is 6.10 Å². The van der Waals surface area contributed by atoms with E-state index in [2.05, 4.69) is 11.8 Å². The highest BCUT2D eigenvalue weighted by molar-refractivity contribution is 6.17.